The number of nitrogens with zero attached hydrogens (tertiary/aromatic N) is 3. The molecule has 1 heterocycles. The van der Waals surface area contributed by atoms with Crippen molar-refractivity contribution in [2.45, 2.75) is 13.1 Å². The van der Waals surface area contributed by atoms with Gasteiger partial charge in [0.05, 0.1) is 6.54 Å². The topological polar surface area (TPSA) is 38.8 Å². The second kappa shape index (κ2) is 6.66. The fourth-order valence-corrected chi connectivity index (χ4v) is 2.45. The zero-order chi connectivity index (χ0) is 15.4. The van der Waals surface area contributed by atoms with Gasteiger partial charge in [0.1, 0.15) is 0 Å². The molecule has 0 aliphatic heterocycles. The van der Waals surface area contributed by atoms with E-state index in [1.54, 1.807) is 11.0 Å². The van der Waals surface area contributed by atoms with Crippen LogP contribution in [0.4, 0.5) is 0 Å². The van der Waals surface area contributed by atoms with Crippen molar-refractivity contribution in [2.75, 3.05) is 0 Å². The number of ketones is 1. The second-order valence-corrected chi connectivity index (χ2v) is 5.95. The molecule has 0 aliphatic rings. The summed E-state index contributed by atoms with van der Waals surface area (Å²) in [5.74, 6) is 0.0551. The molecule has 0 aliphatic carbocycles. The quantitative estimate of drug-likeness (QED) is 0.520. The molecule has 0 N–H and O–H groups in total. The van der Waals surface area contributed by atoms with Crippen LogP contribution in [0.2, 0.25) is 0 Å². The van der Waals surface area contributed by atoms with Gasteiger partial charge >= 0.3 is 0 Å². The zero-order valence-electron chi connectivity index (χ0n) is 11.9. The van der Waals surface area contributed by atoms with Gasteiger partial charge < -0.3 is 0 Å². The van der Waals surface area contributed by atoms with E-state index in [2.05, 4.69) is 33.2 Å². The van der Waals surface area contributed by atoms with E-state index in [4.69, 9.17) is 0 Å². The largest absolute Gasteiger partial charge is 0.290 e. The molecule has 0 spiro atoms. The molecule has 22 heavy (non-hydrogen) atoms. The minimum absolute atomic E-state index is 0.0551. The summed E-state index contributed by atoms with van der Waals surface area (Å²) in [5, 5.41) is 4.24. The molecule has 0 radical (unpaired) electrons. The van der Waals surface area contributed by atoms with E-state index in [0.29, 0.717) is 5.56 Å². The summed E-state index contributed by atoms with van der Waals surface area (Å²) < 4.78 is 4.68. The van der Waals surface area contributed by atoms with Gasteiger partial charge in [-0.05, 0) is 17.7 Å². The third-order valence-electron chi connectivity index (χ3n) is 3.31. The molecule has 1 aromatic heterocycles. The molecule has 2 aromatic carbocycles. The van der Waals surface area contributed by atoms with E-state index in [1.807, 2.05) is 53.4 Å². The predicted molar refractivity (Wildman–Crippen MR) is 86.4 cm³/mol. The highest BCUT2D eigenvalue weighted by Gasteiger charge is 2.12. The van der Waals surface area contributed by atoms with Gasteiger partial charge in [0.2, 0.25) is 6.33 Å². The van der Waals surface area contributed by atoms with Crippen molar-refractivity contribution in [3.05, 3.63) is 82.9 Å². The first-order valence-corrected chi connectivity index (χ1v) is 7.74. The normalized spacial score (nSPS) is 10.6. The van der Waals surface area contributed by atoms with Crippen LogP contribution in [0.1, 0.15) is 15.9 Å². The van der Waals surface area contributed by atoms with Crippen LogP contribution in [-0.2, 0) is 13.1 Å². The van der Waals surface area contributed by atoms with Crippen molar-refractivity contribution in [3.63, 3.8) is 0 Å². The van der Waals surface area contributed by atoms with Crippen molar-refractivity contribution >= 4 is 21.7 Å². The summed E-state index contributed by atoms with van der Waals surface area (Å²) in [4.78, 5) is 12.1. The minimum atomic E-state index is 0.0551. The molecule has 0 saturated carbocycles. The molecule has 3 rings (SSSR count). The number of rotatable bonds is 5. The van der Waals surface area contributed by atoms with Gasteiger partial charge in [0.25, 0.3) is 6.33 Å². The predicted octanol–water partition coefficient (Wildman–Crippen LogP) is 2.86. The van der Waals surface area contributed by atoms with Gasteiger partial charge in [0, 0.05) is 15.1 Å². The van der Waals surface area contributed by atoms with Crippen molar-refractivity contribution in [2.24, 2.45) is 0 Å². The monoisotopic (exact) mass is 356 g/mol. The zero-order valence-corrected chi connectivity index (χ0v) is 13.5. The van der Waals surface area contributed by atoms with Crippen molar-refractivity contribution in [3.8, 4) is 0 Å². The average Bonchev–Trinajstić information content (AvgIpc) is 2.97. The van der Waals surface area contributed by atoms with Gasteiger partial charge in [0.15, 0.2) is 12.3 Å². The van der Waals surface area contributed by atoms with Gasteiger partial charge in [-0.15, -0.1) is 4.68 Å². The molecule has 0 fully saturated rings. The minimum Gasteiger partial charge on any atom is -0.290 e. The maximum atomic E-state index is 12.1. The van der Waals surface area contributed by atoms with E-state index in [0.717, 1.165) is 11.0 Å². The number of carbonyl (C=O) groups excluding carboxylic acids is 1. The van der Waals surface area contributed by atoms with Crippen LogP contribution in [-0.4, -0.2) is 15.6 Å². The van der Waals surface area contributed by atoms with Gasteiger partial charge in [-0.25, -0.2) is 4.57 Å². The molecule has 110 valence electrons. The first-order valence-electron chi connectivity index (χ1n) is 6.95. The maximum Gasteiger partial charge on any atom is 0.265 e. The first kappa shape index (κ1) is 14.7. The van der Waals surface area contributed by atoms with Gasteiger partial charge in [-0.3, -0.25) is 4.79 Å². The summed E-state index contributed by atoms with van der Waals surface area (Å²) in [6, 6.07) is 17.4. The highest BCUT2D eigenvalue weighted by Crippen LogP contribution is 2.10. The Kier molecular flexibility index (Phi) is 4.44. The van der Waals surface area contributed by atoms with Crippen LogP contribution in [0, 0.1) is 0 Å². The third-order valence-corrected chi connectivity index (χ3v) is 3.84. The van der Waals surface area contributed by atoms with Gasteiger partial charge in [-0.2, -0.15) is 0 Å². The molecule has 4 nitrogen and oxygen atoms in total. The lowest BCUT2D eigenvalue weighted by atomic mass is 10.1. The summed E-state index contributed by atoms with van der Waals surface area (Å²) in [6.45, 7) is 0.976. The lowest BCUT2D eigenvalue weighted by molar-refractivity contribution is -0.689. The fourth-order valence-electron chi connectivity index (χ4n) is 2.19. The number of halogens is 1. The molecule has 0 bridgehead atoms. The Morgan fingerprint density at radius 1 is 1.09 bits per heavy atom. The van der Waals surface area contributed by atoms with Crippen molar-refractivity contribution in [1.29, 1.82) is 0 Å². The van der Waals surface area contributed by atoms with Gasteiger partial charge in [-0.1, -0.05) is 58.4 Å². The Bertz CT molecular complexity index is 766. The summed E-state index contributed by atoms with van der Waals surface area (Å²) >= 11 is 3.42. The average molecular weight is 357 g/mol. The van der Waals surface area contributed by atoms with E-state index >= 15 is 0 Å². The summed E-state index contributed by atoms with van der Waals surface area (Å²) in [7, 11) is 0. The van der Waals surface area contributed by atoms with E-state index in [1.165, 1.54) is 5.56 Å². The number of aromatic nitrogens is 3. The second-order valence-electron chi connectivity index (χ2n) is 5.03. The lowest BCUT2D eigenvalue weighted by Crippen LogP contribution is -2.31. The molecular formula is C17H15BrN3O+. The molecule has 0 atom stereocenters. The Morgan fingerprint density at radius 2 is 1.82 bits per heavy atom. The van der Waals surface area contributed by atoms with Crippen LogP contribution in [0.25, 0.3) is 0 Å². The van der Waals surface area contributed by atoms with Crippen LogP contribution >= 0.6 is 15.9 Å². The SMILES string of the molecule is O=C(Cn1c[n+](Cc2ccc(Br)cc2)cn1)c1ccccc1. The fraction of sp³-hybridized carbons (Fsp3) is 0.118. The maximum absolute atomic E-state index is 12.1. The summed E-state index contributed by atoms with van der Waals surface area (Å²) in [6.07, 6.45) is 3.59. The Labute approximate surface area is 137 Å². The number of carbonyl (C=O) groups is 1. The summed E-state index contributed by atoms with van der Waals surface area (Å²) in [5.41, 5.74) is 1.89. The number of hydrogen-bond acceptors (Lipinski definition) is 2. The number of hydrogen-bond donors (Lipinski definition) is 0. The van der Waals surface area contributed by atoms with Crippen molar-refractivity contribution in [1.82, 2.24) is 9.78 Å². The van der Waals surface area contributed by atoms with E-state index in [9.17, 15) is 4.79 Å². The third kappa shape index (κ3) is 3.68. The smallest absolute Gasteiger partial charge is 0.265 e. The van der Waals surface area contributed by atoms with E-state index < -0.39 is 0 Å². The van der Waals surface area contributed by atoms with Crippen LogP contribution in [0.3, 0.4) is 0 Å². The first-order chi connectivity index (χ1) is 10.7. The van der Waals surface area contributed by atoms with Crippen molar-refractivity contribution < 1.29 is 9.36 Å². The van der Waals surface area contributed by atoms with Crippen LogP contribution < -0.4 is 4.57 Å². The highest BCUT2D eigenvalue weighted by molar-refractivity contribution is 9.10. The molecule has 5 heteroatoms. The number of benzene rings is 2. The molecule has 0 saturated heterocycles. The highest BCUT2D eigenvalue weighted by atomic mass is 79.9. The Hall–Kier alpha value is -2.27. The molecule has 0 unspecified atom stereocenters. The molecular weight excluding hydrogens is 342 g/mol. The lowest BCUT2D eigenvalue weighted by Gasteiger charge is -1.98. The Balaban J connectivity index is 1.66. The van der Waals surface area contributed by atoms with E-state index in [-0.39, 0.29) is 12.3 Å². The van der Waals surface area contributed by atoms with Crippen LogP contribution in [0.15, 0.2) is 71.7 Å². The Morgan fingerprint density at radius 3 is 2.55 bits per heavy atom. The van der Waals surface area contributed by atoms with Crippen LogP contribution in [0.5, 0.6) is 0 Å². The standard InChI is InChI=1S/C17H15BrN3O/c18-16-8-6-14(7-9-16)10-20-12-19-21(13-20)11-17(22)15-4-2-1-3-5-15/h1-9,12-13H,10-11H2/q+1. The number of Topliss-reactive ketones (excluding diaryl/α,β-unsaturated/α-hetero) is 1. The molecule has 0 amide bonds. The molecule has 3 aromatic rings.